The molecular formula is C18H25N5OS. The van der Waals surface area contributed by atoms with Crippen molar-refractivity contribution in [1.29, 1.82) is 0 Å². The summed E-state index contributed by atoms with van der Waals surface area (Å²) in [7, 11) is 0. The van der Waals surface area contributed by atoms with Crippen LogP contribution in [0, 0.1) is 0 Å². The summed E-state index contributed by atoms with van der Waals surface area (Å²) in [6, 6.07) is 3.88. The number of thioether (sulfide) groups is 1. The average Bonchev–Trinajstić information content (AvgIpc) is 2.85. The van der Waals surface area contributed by atoms with Gasteiger partial charge < -0.3 is 9.47 Å². The number of carbonyl (C=O) groups is 1. The van der Waals surface area contributed by atoms with Crippen LogP contribution in [0.25, 0.3) is 11.4 Å². The van der Waals surface area contributed by atoms with E-state index in [2.05, 4.69) is 26.7 Å². The quantitative estimate of drug-likeness (QED) is 0.741. The molecule has 2 aromatic heterocycles. The van der Waals surface area contributed by atoms with Gasteiger partial charge in [-0.3, -0.25) is 9.78 Å². The molecule has 2 aromatic rings. The zero-order valence-corrected chi connectivity index (χ0v) is 15.5. The lowest BCUT2D eigenvalue weighted by Crippen LogP contribution is -2.33. The molecule has 0 atom stereocenters. The van der Waals surface area contributed by atoms with Gasteiger partial charge in [-0.1, -0.05) is 31.5 Å². The molecule has 0 spiro atoms. The first-order valence-electron chi connectivity index (χ1n) is 9.03. The Kier molecular flexibility index (Phi) is 6.44. The third kappa shape index (κ3) is 4.60. The summed E-state index contributed by atoms with van der Waals surface area (Å²) in [5, 5.41) is 9.47. The molecule has 0 N–H and O–H groups in total. The van der Waals surface area contributed by atoms with Crippen LogP contribution in [0.3, 0.4) is 0 Å². The Balaban J connectivity index is 1.69. The Labute approximate surface area is 153 Å². The van der Waals surface area contributed by atoms with Crippen molar-refractivity contribution in [2.45, 2.75) is 50.7 Å². The summed E-state index contributed by atoms with van der Waals surface area (Å²) in [4.78, 5) is 18.7. The average molecular weight is 359 g/mol. The summed E-state index contributed by atoms with van der Waals surface area (Å²) < 4.78 is 2.09. The second kappa shape index (κ2) is 8.99. The van der Waals surface area contributed by atoms with Crippen molar-refractivity contribution < 1.29 is 4.79 Å². The van der Waals surface area contributed by atoms with Crippen molar-refractivity contribution in [1.82, 2.24) is 24.6 Å². The Bertz CT molecular complexity index is 680. The highest BCUT2D eigenvalue weighted by molar-refractivity contribution is 7.99. The zero-order chi connectivity index (χ0) is 17.5. The predicted molar refractivity (Wildman–Crippen MR) is 99.3 cm³/mol. The molecule has 0 unspecified atom stereocenters. The van der Waals surface area contributed by atoms with Gasteiger partial charge in [0.2, 0.25) is 5.91 Å². The van der Waals surface area contributed by atoms with Crippen LogP contribution in [0.4, 0.5) is 0 Å². The molecule has 25 heavy (non-hydrogen) atoms. The lowest BCUT2D eigenvalue weighted by atomic mass is 10.2. The van der Waals surface area contributed by atoms with Crippen molar-refractivity contribution >= 4 is 17.7 Å². The fraction of sp³-hybridized carbons (Fsp3) is 0.556. The summed E-state index contributed by atoms with van der Waals surface area (Å²) in [6.45, 7) is 4.74. The maximum atomic E-state index is 12.5. The molecule has 3 rings (SSSR count). The van der Waals surface area contributed by atoms with E-state index in [0.29, 0.717) is 5.75 Å². The van der Waals surface area contributed by atoms with Crippen LogP contribution < -0.4 is 0 Å². The Morgan fingerprint density at radius 1 is 1.20 bits per heavy atom. The van der Waals surface area contributed by atoms with Crippen molar-refractivity contribution in [2.75, 3.05) is 18.8 Å². The summed E-state index contributed by atoms with van der Waals surface area (Å²) in [5.41, 5.74) is 0.953. The van der Waals surface area contributed by atoms with Crippen molar-refractivity contribution in [3.63, 3.8) is 0 Å². The lowest BCUT2D eigenvalue weighted by molar-refractivity contribution is -0.128. The molecule has 0 aliphatic carbocycles. The van der Waals surface area contributed by atoms with E-state index in [4.69, 9.17) is 0 Å². The Hall–Kier alpha value is -1.89. The minimum Gasteiger partial charge on any atom is -0.342 e. The van der Waals surface area contributed by atoms with E-state index < -0.39 is 0 Å². The van der Waals surface area contributed by atoms with E-state index in [1.807, 2.05) is 17.0 Å². The van der Waals surface area contributed by atoms with Gasteiger partial charge in [0.15, 0.2) is 11.0 Å². The predicted octanol–water partition coefficient (Wildman–Crippen LogP) is 3.24. The van der Waals surface area contributed by atoms with Crippen molar-refractivity contribution in [3.8, 4) is 11.4 Å². The van der Waals surface area contributed by atoms with Gasteiger partial charge in [-0.05, 0) is 31.4 Å². The van der Waals surface area contributed by atoms with Crippen molar-refractivity contribution in [2.24, 2.45) is 0 Å². The fourth-order valence-electron chi connectivity index (χ4n) is 3.07. The van der Waals surface area contributed by atoms with E-state index in [1.54, 1.807) is 12.4 Å². The number of aromatic nitrogens is 4. The third-order valence-corrected chi connectivity index (χ3v) is 5.32. The maximum Gasteiger partial charge on any atom is 0.233 e. The van der Waals surface area contributed by atoms with Crippen LogP contribution in [0.5, 0.6) is 0 Å². The van der Waals surface area contributed by atoms with Gasteiger partial charge in [-0.25, -0.2) is 0 Å². The number of amides is 1. The fourth-order valence-corrected chi connectivity index (χ4v) is 3.93. The molecule has 1 amide bonds. The van der Waals surface area contributed by atoms with Gasteiger partial charge in [0.25, 0.3) is 0 Å². The number of nitrogens with zero attached hydrogens (tertiary/aromatic N) is 5. The van der Waals surface area contributed by atoms with Gasteiger partial charge in [0.1, 0.15) is 0 Å². The number of likely N-dealkylation sites (tertiary alicyclic amines) is 1. The molecule has 3 heterocycles. The van der Waals surface area contributed by atoms with Gasteiger partial charge >= 0.3 is 0 Å². The zero-order valence-electron chi connectivity index (χ0n) is 14.7. The molecule has 7 heteroatoms. The Morgan fingerprint density at radius 3 is 2.68 bits per heavy atom. The van der Waals surface area contributed by atoms with Gasteiger partial charge in [0, 0.05) is 37.6 Å². The smallest absolute Gasteiger partial charge is 0.233 e. The van der Waals surface area contributed by atoms with Crippen LogP contribution in [-0.2, 0) is 11.3 Å². The first kappa shape index (κ1) is 17.9. The van der Waals surface area contributed by atoms with E-state index in [-0.39, 0.29) is 5.91 Å². The highest BCUT2D eigenvalue weighted by atomic mass is 32.2. The molecule has 1 fully saturated rings. The summed E-state index contributed by atoms with van der Waals surface area (Å²) in [5.74, 6) is 1.45. The third-order valence-electron chi connectivity index (χ3n) is 4.37. The molecule has 1 saturated heterocycles. The van der Waals surface area contributed by atoms with Crippen LogP contribution in [0.15, 0.2) is 29.7 Å². The molecule has 0 saturated carbocycles. The first-order chi connectivity index (χ1) is 12.3. The number of hydrogen-bond acceptors (Lipinski definition) is 5. The number of hydrogen-bond donors (Lipinski definition) is 0. The standard InChI is InChI=1S/C18H25N5OS/c1-2-10-23-17(15-8-7-9-19-13-15)20-21-18(23)25-14-16(24)22-11-5-3-4-6-12-22/h7-9,13H,2-6,10-12,14H2,1H3. The number of carbonyl (C=O) groups excluding carboxylic acids is 1. The van der Waals surface area contributed by atoms with E-state index >= 15 is 0 Å². The second-order valence-electron chi connectivity index (χ2n) is 6.28. The molecular weight excluding hydrogens is 334 g/mol. The second-order valence-corrected chi connectivity index (χ2v) is 7.23. The SMILES string of the molecule is CCCn1c(SCC(=O)N2CCCCCC2)nnc1-c1cccnc1. The van der Waals surface area contributed by atoms with Gasteiger partial charge in [0.05, 0.1) is 5.75 Å². The minimum atomic E-state index is 0.209. The molecule has 1 aliphatic rings. The van der Waals surface area contributed by atoms with E-state index in [0.717, 1.165) is 55.4 Å². The molecule has 0 aromatic carbocycles. The van der Waals surface area contributed by atoms with Crippen LogP contribution >= 0.6 is 11.8 Å². The van der Waals surface area contributed by atoms with Crippen molar-refractivity contribution in [3.05, 3.63) is 24.5 Å². The number of pyridine rings is 1. The summed E-state index contributed by atoms with van der Waals surface area (Å²) >= 11 is 1.49. The molecule has 1 aliphatic heterocycles. The normalized spacial score (nSPS) is 15.2. The monoisotopic (exact) mass is 359 g/mol. The minimum absolute atomic E-state index is 0.209. The lowest BCUT2D eigenvalue weighted by Gasteiger charge is -2.19. The van der Waals surface area contributed by atoms with Crippen LogP contribution in [0.2, 0.25) is 0 Å². The summed E-state index contributed by atoms with van der Waals surface area (Å²) in [6.07, 6.45) is 9.24. The highest BCUT2D eigenvalue weighted by Gasteiger charge is 2.19. The molecule has 0 bridgehead atoms. The van der Waals surface area contributed by atoms with Gasteiger partial charge in [-0.2, -0.15) is 0 Å². The molecule has 6 nitrogen and oxygen atoms in total. The van der Waals surface area contributed by atoms with E-state index in [9.17, 15) is 4.79 Å². The topological polar surface area (TPSA) is 63.9 Å². The maximum absolute atomic E-state index is 12.5. The highest BCUT2D eigenvalue weighted by Crippen LogP contribution is 2.24. The van der Waals surface area contributed by atoms with Crippen LogP contribution in [-0.4, -0.2) is 49.4 Å². The van der Waals surface area contributed by atoms with E-state index in [1.165, 1.54) is 24.6 Å². The van der Waals surface area contributed by atoms with Crippen LogP contribution in [0.1, 0.15) is 39.0 Å². The molecule has 134 valence electrons. The number of rotatable bonds is 6. The Morgan fingerprint density at radius 2 is 2.00 bits per heavy atom. The molecule has 0 radical (unpaired) electrons. The largest absolute Gasteiger partial charge is 0.342 e. The van der Waals surface area contributed by atoms with Gasteiger partial charge in [-0.15, -0.1) is 10.2 Å². The first-order valence-corrected chi connectivity index (χ1v) is 10.0.